The van der Waals surface area contributed by atoms with Gasteiger partial charge in [0.15, 0.2) is 0 Å². The zero-order valence-corrected chi connectivity index (χ0v) is 6.53. The van der Waals surface area contributed by atoms with Crippen LogP contribution in [0.3, 0.4) is 0 Å². The molecule has 0 spiro atoms. The van der Waals surface area contributed by atoms with Crippen molar-refractivity contribution in [1.82, 2.24) is 0 Å². The van der Waals surface area contributed by atoms with E-state index in [0.717, 1.165) is 0 Å². The summed E-state index contributed by atoms with van der Waals surface area (Å²) in [5.41, 5.74) is -0.0295. The van der Waals surface area contributed by atoms with Gasteiger partial charge in [0.1, 0.15) is 0 Å². The van der Waals surface area contributed by atoms with Gasteiger partial charge in [-0.15, -0.1) is 0 Å². The van der Waals surface area contributed by atoms with Crippen LogP contribution in [0.2, 0.25) is 0 Å². The summed E-state index contributed by atoms with van der Waals surface area (Å²) in [6, 6.07) is 0. The first-order chi connectivity index (χ1) is 4.65. The van der Waals surface area contributed by atoms with Crippen LogP contribution in [0.4, 0.5) is 0 Å². The minimum absolute atomic E-state index is 0.0295. The number of rotatable bonds is 1. The molecule has 0 aromatic carbocycles. The second-order valence-corrected chi connectivity index (χ2v) is 3.07. The van der Waals surface area contributed by atoms with Gasteiger partial charge in [-0.25, -0.2) is 4.94 Å². The van der Waals surface area contributed by atoms with Gasteiger partial charge in [-0.1, -0.05) is 24.2 Å². The Hall–Kier alpha value is -0.860. The Bertz CT molecular complexity index is 160. The van der Waals surface area contributed by atoms with Gasteiger partial charge in [0, 0.05) is 5.41 Å². The highest BCUT2D eigenvalue weighted by Gasteiger charge is 2.26. The molecule has 0 atom stereocenters. The summed E-state index contributed by atoms with van der Waals surface area (Å²) >= 11 is 0. The summed E-state index contributed by atoms with van der Waals surface area (Å²) in [6.07, 6.45) is 3.56. The van der Waals surface area contributed by atoms with Gasteiger partial charge in [0.2, 0.25) is 0 Å². The molecule has 0 saturated carbocycles. The smallest absolute Gasteiger partial charge is 0.0586 e. The minimum Gasteiger partial charge on any atom is -0.245 e. The molecule has 0 aromatic heterocycles. The Morgan fingerprint density at radius 3 is 2.10 bits per heavy atom. The fourth-order valence-corrected chi connectivity index (χ4v) is 0.633. The molecule has 1 rings (SSSR count). The monoisotopic (exact) mass is 140 g/mol. The Kier molecular flexibility index (Phi) is 1.74. The van der Waals surface area contributed by atoms with Crippen molar-refractivity contribution in [2.45, 2.75) is 20.8 Å². The molecule has 3 heteroatoms. The fraction of sp³-hybridized carbons (Fsp3) is 0.714. The molecule has 0 unspecified atom stereocenters. The molecule has 56 valence electrons. The predicted octanol–water partition coefficient (Wildman–Crippen LogP) is 1.65. The van der Waals surface area contributed by atoms with Crippen LogP contribution in [0.15, 0.2) is 10.3 Å². The van der Waals surface area contributed by atoms with Gasteiger partial charge in [0.25, 0.3) is 0 Å². The highest BCUT2D eigenvalue weighted by atomic mass is 16.8. The van der Waals surface area contributed by atoms with E-state index < -0.39 is 0 Å². The maximum atomic E-state index is 4.45. The van der Waals surface area contributed by atoms with E-state index in [1.54, 1.807) is 12.4 Å². The lowest BCUT2D eigenvalue weighted by atomic mass is 9.81. The van der Waals surface area contributed by atoms with Crippen molar-refractivity contribution >= 4 is 12.4 Å². The van der Waals surface area contributed by atoms with Gasteiger partial charge in [-0.05, 0) is 12.8 Å². The van der Waals surface area contributed by atoms with E-state index in [1.165, 1.54) is 0 Å². The first-order valence-electron chi connectivity index (χ1n) is 3.40. The zero-order chi connectivity index (χ0) is 7.61. The molecule has 0 radical (unpaired) electrons. The molecule has 10 heavy (non-hydrogen) atoms. The molecule has 0 bridgehead atoms. The average molecular weight is 140 g/mol. The van der Waals surface area contributed by atoms with Crippen molar-refractivity contribution in [3.05, 3.63) is 0 Å². The maximum absolute atomic E-state index is 4.45. The van der Waals surface area contributed by atoms with Crippen LogP contribution < -0.4 is 0 Å². The standard InChI is InChI=1S/C7H12N2O/c1-6(2)7(3)4-8-10-9-5-7/h4-6H,1-3H3. The van der Waals surface area contributed by atoms with E-state index in [2.05, 4.69) is 36.0 Å². The van der Waals surface area contributed by atoms with E-state index in [4.69, 9.17) is 0 Å². The van der Waals surface area contributed by atoms with E-state index in [1.807, 2.05) is 0 Å². The largest absolute Gasteiger partial charge is 0.245 e. The summed E-state index contributed by atoms with van der Waals surface area (Å²) in [6.45, 7) is 6.33. The normalized spacial score (nSPS) is 21.2. The molecule has 0 amide bonds. The van der Waals surface area contributed by atoms with Crippen LogP contribution >= 0.6 is 0 Å². The van der Waals surface area contributed by atoms with Crippen molar-refractivity contribution in [2.24, 2.45) is 21.6 Å². The summed E-state index contributed by atoms with van der Waals surface area (Å²) in [4.78, 5) is 4.45. The molecule has 0 saturated heterocycles. The molecule has 1 aliphatic heterocycles. The lowest BCUT2D eigenvalue weighted by Gasteiger charge is -2.24. The van der Waals surface area contributed by atoms with Gasteiger partial charge >= 0.3 is 0 Å². The topological polar surface area (TPSA) is 34.0 Å². The van der Waals surface area contributed by atoms with Crippen molar-refractivity contribution < 1.29 is 4.94 Å². The molecule has 3 nitrogen and oxygen atoms in total. The third-order valence-corrected chi connectivity index (χ3v) is 2.00. The average Bonchev–Trinajstić information content (AvgIpc) is 1.89. The highest BCUT2D eigenvalue weighted by molar-refractivity contribution is 5.89. The van der Waals surface area contributed by atoms with E-state index >= 15 is 0 Å². The molecule has 0 aliphatic carbocycles. The van der Waals surface area contributed by atoms with Crippen LogP contribution in [-0.2, 0) is 4.94 Å². The number of hydrogen-bond acceptors (Lipinski definition) is 3. The lowest BCUT2D eigenvalue weighted by molar-refractivity contribution is 0.145. The van der Waals surface area contributed by atoms with E-state index in [-0.39, 0.29) is 5.41 Å². The van der Waals surface area contributed by atoms with Crippen molar-refractivity contribution in [3.8, 4) is 0 Å². The second-order valence-electron chi connectivity index (χ2n) is 3.07. The fourth-order valence-electron chi connectivity index (χ4n) is 0.633. The SMILES string of the molecule is CC(C)C1(C)C=NON=C1. The van der Waals surface area contributed by atoms with Crippen LogP contribution in [-0.4, -0.2) is 12.4 Å². The van der Waals surface area contributed by atoms with Crippen LogP contribution in [0.25, 0.3) is 0 Å². The highest BCUT2D eigenvalue weighted by Crippen LogP contribution is 2.23. The Balaban J connectivity index is 2.75. The summed E-state index contributed by atoms with van der Waals surface area (Å²) < 4.78 is 0. The third kappa shape index (κ3) is 1.17. The lowest BCUT2D eigenvalue weighted by Crippen LogP contribution is -2.28. The molecule has 1 aliphatic rings. The first-order valence-corrected chi connectivity index (χ1v) is 3.40. The Morgan fingerprint density at radius 2 is 1.80 bits per heavy atom. The Morgan fingerprint density at radius 1 is 1.30 bits per heavy atom. The van der Waals surface area contributed by atoms with Crippen molar-refractivity contribution in [3.63, 3.8) is 0 Å². The number of nitrogens with zero attached hydrogens (tertiary/aromatic N) is 2. The Labute approximate surface area is 60.7 Å². The summed E-state index contributed by atoms with van der Waals surface area (Å²) in [7, 11) is 0. The maximum Gasteiger partial charge on any atom is 0.0586 e. The van der Waals surface area contributed by atoms with Gasteiger partial charge < -0.3 is 0 Å². The summed E-state index contributed by atoms with van der Waals surface area (Å²) in [5, 5.41) is 7.26. The number of oxime groups is 2. The van der Waals surface area contributed by atoms with Crippen LogP contribution in [0.5, 0.6) is 0 Å². The third-order valence-electron chi connectivity index (χ3n) is 2.00. The quantitative estimate of drug-likeness (QED) is 0.545. The van der Waals surface area contributed by atoms with Crippen molar-refractivity contribution in [2.75, 3.05) is 0 Å². The molecular weight excluding hydrogens is 128 g/mol. The summed E-state index contributed by atoms with van der Waals surface area (Å²) in [5.74, 6) is 0.504. The van der Waals surface area contributed by atoms with Gasteiger partial charge in [-0.3, -0.25) is 0 Å². The zero-order valence-electron chi connectivity index (χ0n) is 6.53. The predicted molar refractivity (Wildman–Crippen MR) is 41.0 cm³/mol. The molecule has 0 N–H and O–H groups in total. The van der Waals surface area contributed by atoms with Crippen molar-refractivity contribution in [1.29, 1.82) is 0 Å². The second kappa shape index (κ2) is 2.40. The van der Waals surface area contributed by atoms with Crippen LogP contribution in [0, 0.1) is 11.3 Å². The minimum atomic E-state index is -0.0295. The molecular formula is C7H12N2O. The van der Waals surface area contributed by atoms with Crippen LogP contribution in [0.1, 0.15) is 20.8 Å². The van der Waals surface area contributed by atoms with E-state index in [9.17, 15) is 0 Å². The first kappa shape index (κ1) is 7.25. The molecule has 0 fully saturated rings. The van der Waals surface area contributed by atoms with E-state index in [0.29, 0.717) is 5.92 Å². The van der Waals surface area contributed by atoms with Gasteiger partial charge in [-0.2, -0.15) is 0 Å². The molecule has 1 heterocycles. The van der Waals surface area contributed by atoms with Gasteiger partial charge in [0.05, 0.1) is 12.4 Å². The molecule has 0 aromatic rings. The number of hydrogen-bond donors (Lipinski definition) is 0.